The van der Waals surface area contributed by atoms with Crippen molar-refractivity contribution in [2.75, 3.05) is 6.54 Å². The first kappa shape index (κ1) is 12.2. The summed E-state index contributed by atoms with van der Waals surface area (Å²) in [6.07, 6.45) is 2.57. The van der Waals surface area contributed by atoms with E-state index in [2.05, 4.69) is 38.9 Å². The summed E-state index contributed by atoms with van der Waals surface area (Å²) in [5.74, 6) is 0.765. The fraction of sp³-hybridized carbons (Fsp3) is 0.231. The van der Waals surface area contributed by atoms with Crippen molar-refractivity contribution in [3.05, 3.63) is 46.2 Å². The molecule has 1 heterocycles. The molecular weight excluding hydrogens is 278 g/mol. The minimum Gasteiger partial charge on any atom is -0.330 e. The molecule has 1 aromatic heterocycles. The molecule has 0 unspecified atom stereocenters. The van der Waals surface area contributed by atoms with E-state index in [9.17, 15) is 0 Å². The smallest absolute Gasteiger partial charge is 0.159 e. The van der Waals surface area contributed by atoms with Gasteiger partial charge in [0.1, 0.15) is 0 Å². The number of hydrogen-bond donors (Lipinski definition) is 1. The fourth-order valence-corrected chi connectivity index (χ4v) is 2.17. The summed E-state index contributed by atoms with van der Waals surface area (Å²) in [6, 6.07) is 8.00. The predicted molar refractivity (Wildman–Crippen MR) is 72.7 cm³/mol. The number of aromatic nitrogens is 2. The van der Waals surface area contributed by atoms with Crippen LogP contribution >= 0.6 is 15.9 Å². The Kier molecular flexibility index (Phi) is 3.86. The van der Waals surface area contributed by atoms with Crippen molar-refractivity contribution in [3.63, 3.8) is 0 Å². The Labute approximate surface area is 109 Å². The molecule has 2 N–H and O–H groups in total. The first-order valence-corrected chi connectivity index (χ1v) is 6.28. The van der Waals surface area contributed by atoms with Crippen molar-refractivity contribution in [1.82, 2.24) is 9.97 Å². The number of benzene rings is 1. The van der Waals surface area contributed by atoms with Gasteiger partial charge in [0.05, 0.1) is 0 Å². The first-order chi connectivity index (χ1) is 8.20. The van der Waals surface area contributed by atoms with E-state index in [0.29, 0.717) is 6.54 Å². The quantitative estimate of drug-likeness (QED) is 0.946. The number of rotatable bonds is 3. The molecule has 0 spiro atoms. The van der Waals surface area contributed by atoms with Gasteiger partial charge < -0.3 is 5.73 Å². The molecule has 0 radical (unpaired) electrons. The highest BCUT2D eigenvalue weighted by atomic mass is 79.9. The molecule has 0 saturated heterocycles. The molecule has 0 fully saturated rings. The van der Waals surface area contributed by atoms with E-state index in [1.165, 1.54) is 0 Å². The topological polar surface area (TPSA) is 51.8 Å². The van der Waals surface area contributed by atoms with Crippen molar-refractivity contribution in [1.29, 1.82) is 0 Å². The minimum absolute atomic E-state index is 0.607. The van der Waals surface area contributed by atoms with Crippen LogP contribution in [0.3, 0.4) is 0 Å². The third kappa shape index (κ3) is 2.90. The summed E-state index contributed by atoms with van der Waals surface area (Å²) >= 11 is 3.45. The van der Waals surface area contributed by atoms with Crippen molar-refractivity contribution < 1.29 is 0 Å². The molecule has 0 aliphatic heterocycles. The molecule has 0 bridgehead atoms. The summed E-state index contributed by atoms with van der Waals surface area (Å²) < 4.78 is 1.07. The molecule has 0 amide bonds. The summed E-state index contributed by atoms with van der Waals surface area (Å²) in [4.78, 5) is 8.83. The van der Waals surface area contributed by atoms with Crippen LogP contribution in [-0.4, -0.2) is 16.5 Å². The monoisotopic (exact) mass is 291 g/mol. The van der Waals surface area contributed by atoms with Crippen LogP contribution in [0.15, 0.2) is 34.9 Å². The lowest BCUT2D eigenvalue weighted by Gasteiger charge is -2.06. The van der Waals surface area contributed by atoms with Gasteiger partial charge in [-0.25, -0.2) is 9.97 Å². The maximum absolute atomic E-state index is 5.53. The minimum atomic E-state index is 0.607. The van der Waals surface area contributed by atoms with Gasteiger partial charge in [-0.2, -0.15) is 0 Å². The normalized spacial score (nSPS) is 10.5. The van der Waals surface area contributed by atoms with E-state index < -0.39 is 0 Å². The Bertz CT molecular complexity index is 526. The zero-order valence-electron chi connectivity index (χ0n) is 9.65. The summed E-state index contributed by atoms with van der Waals surface area (Å²) in [6.45, 7) is 2.66. The van der Waals surface area contributed by atoms with E-state index in [-0.39, 0.29) is 0 Å². The maximum Gasteiger partial charge on any atom is 0.159 e. The molecule has 2 rings (SSSR count). The molecular formula is C13H14BrN3. The molecule has 17 heavy (non-hydrogen) atoms. The van der Waals surface area contributed by atoms with Crippen LogP contribution in [0.1, 0.15) is 11.3 Å². The second-order valence-corrected chi connectivity index (χ2v) is 4.79. The average molecular weight is 292 g/mol. The van der Waals surface area contributed by atoms with E-state index in [0.717, 1.165) is 33.5 Å². The third-order valence-electron chi connectivity index (χ3n) is 2.54. The predicted octanol–water partition coefficient (Wildman–Crippen LogP) is 2.72. The van der Waals surface area contributed by atoms with Crippen molar-refractivity contribution >= 4 is 15.9 Å². The largest absolute Gasteiger partial charge is 0.330 e. The first-order valence-electron chi connectivity index (χ1n) is 5.49. The highest BCUT2D eigenvalue weighted by molar-refractivity contribution is 9.10. The lowest BCUT2D eigenvalue weighted by Crippen LogP contribution is -2.05. The SMILES string of the molecule is Cc1cc(Br)ccc1-c1nccc(CCN)n1. The molecule has 0 atom stereocenters. The fourth-order valence-electron chi connectivity index (χ4n) is 1.69. The highest BCUT2D eigenvalue weighted by Gasteiger charge is 2.06. The van der Waals surface area contributed by atoms with E-state index in [1.807, 2.05) is 18.2 Å². The summed E-state index contributed by atoms with van der Waals surface area (Å²) in [7, 11) is 0. The molecule has 0 saturated carbocycles. The number of nitrogens with two attached hydrogens (primary N) is 1. The van der Waals surface area contributed by atoms with E-state index >= 15 is 0 Å². The van der Waals surface area contributed by atoms with Gasteiger partial charge in [-0.1, -0.05) is 15.9 Å². The molecule has 3 nitrogen and oxygen atoms in total. The van der Waals surface area contributed by atoms with Crippen LogP contribution in [0, 0.1) is 6.92 Å². The van der Waals surface area contributed by atoms with Crippen molar-refractivity contribution in [2.45, 2.75) is 13.3 Å². The Morgan fingerprint density at radius 1 is 1.29 bits per heavy atom. The van der Waals surface area contributed by atoms with Crippen molar-refractivity contribution in [3.8, 4) is 11.4 Å². The lowest BCUT2D eigenvalue weighted by atomic mass is 10.1. The van der Waals surface area contributed by atoms with Gasteiger partial charge in [-0.3, -0.25) is 0 Å². The van der Waals surface area contributed by atoms with Gasteiger partial charge in [0.2, 0.25) is 0 Å². The molecule has 2 aromatic rings. The number of nitrogens with zero attached hydrogens (tertiary/aromatic N) is 2. The molecule has 4 heteroatoms. The van der Waals surface area contributed by atoms with Crippen molar-refractivity contribution in [2.24, 2.45) is 5.73 Å². The van der Waals surface area contributed by atoms with E-state index in [1.54, 1.807) is 6.20 Å². The van der Waals surface area contributed by atoms with Gasteiger partial charge >= 0.3 is 0 Å². The molecule has 1 aromatic carbocycles. The van der Waals surface area contributed by atoms with Crippen LogP contribution in [0.4, 0.5) is 0 Å². The van der Waals surface area contributed by atoms with Gasteiger partial charge in [-0.15, -0.1) is 0 Å². The number of hydrogen-bond acceptors (Lipinski definition) is 3. The number of aryl methyl sites for hydroxylation is 1. The van der Waals surface area contributed by atoms with Gasteiger partial charge in [0.15, 0.2) is 5.82 Å². The third-order valence-corrected chi connectivity index (χ3v) is 3.04. The zero-order valence-corrected chi connectivity index (χ0v) is 11.2. The molecule has 0 aliphatic carbocycles. The standard InChI is InChI=1S/C13H14BrN3/c1-9-8-10(14)2-3-12(9)13-16-7-5-11(17-13)4-6-15/h2-3,5,7-8H,4,6,15H2,1H3. The highest BCUT2D eigenvalue weighted by Crippen LogP contribution is 2.23. The summed E-state index contributed by atoms with van der Waals surface area (Å²) in [5, 5.41) is 0. The van der Waals surface area contributed by atoms with Gasteiger partial charge in [-0.05, 0) is 43.3 Å². The average Bonchev–Trinajstić information content (AvgIpc) is 2.29. The number of halogens is 1. The Morgan fingerprint density at radius 3 is 2.82 bits per heavy atom. The summed E-state index contributed by atoms with van der Waals surface area (Å²) in [5.41, 5.74) is 8.74. The lowest BCUT2D eigenvalue weighted by molar-refractivity contribution is 0.912. The second kappa shape index (κ2) is 5.38. The molecule has 0 aliphatic rings. The van der Waals surface area contributed by atoms with Crippen LogP contribution in [-0.2, 0) is 6.42 Å². The second-order valence-electron chi connectivity index (χ2n) is 3.87. The zero-order chi connectivity index (χ0) is 12.3. The maximum atomic E-state index is 5.53. The van der Waals surface area contributed by atoms with Gasteiger partial charge in [0, 0.05) is 28.3 Å². The van der Waals surface area contributed by atoms with E-state index in [4.69, 9.17) is 5.73 Å². The Hall–Kier alpha value is -1.26. The van der Waals surface area contributed by atoms with Crippen LogP contribution in [0.25, 0.3) is 11.4 Å². The van der Waals surface area contributed by atoms with Crippen LogP contribution in [0.2, 0.25) is 0 Å². The Morgan fingerprint density at radius 2 is 2.12 bits per heavy atom. The van der Waals surface area contributed by atoms with Crippen LogP contribution < -0.4 is 5.73 Å². The Balaban J connectivity index is 2.42. The van der Waals surface area contributed by atoms with Crippen LogP contribution in [0.5, 0.6) is 0 Å². The van der Waals surface area contributed by atoms with Gasteiger partial charge in [0.25, 0.3) is 0 Å². The molecule has 88 valence electrons.